The summed E-state index contributed by atoms with van der Waals surface area (Å²) in [7, 11) is 0. The van der Waals surface area contributed by atoms with Crippen molar-refractivity contribution in [3.05, 3.63) is 36.0 Å². The Morgan fingerprint density at radius 2 is 2.00 bits per heavy atom. The van der Waals surface area contributed by atoms with Gasteiger partial charge in [-0.2, -0.15) is 0 Å². The second kappa shape index (κ2) is 7.32. The van der Waals surface area contributed by atoms with Crippen LogP contribution >= 0.6 is 0 Å². The van der Waals surface area contributed by atoms with Crippen LogP contribution in [0.4, 0.5) is 4.39 Å². The average Bonchev–Trinajstić information content (AvgIpc) is 2.91. The van der Waals surface area contributed by atoms with Gasteiger partial charge in [0.05, 0.1) is 6.54 Å². The maximum atomic E-state index is 13.4. The van der Waals surface area contributed by atoms with Gasteiger partial charge in [-0.3, -0.25) is 9.80 Å². The molecule has 5 nitrogen and oxygen atoms in total. The number of nitrogens with zero attached hydrogens (tertiary/aromatic N) is 4. The molecule has 0 radical (unpaired) electrons. The molecule has 2 aromatic rings. The lowest BCUT2D eigenvalue weighted by Crippen LogP contribution is -2.46. The zero-order valence-corrected chi connectivity index (χ0v) is 15.7. The van der Waals surface area contributed by atoms with Crippen molar-refractivity contribution in [3.63, 3.8) is 0 Å². The molecule has 4 heterocycles. The SMILES string of the molecule is Fc1cccc(-c2nnc(CN3C[C@H]4CC[C@@H](C3)N(CC3CCC3)C4)o2)c1. The third kappa shape index (κ3) is 3.78. The Kier molecular flexibility index (Phi) is 4.70. The number of aromatic nitrogens is 2. The van der Waals surface area contributed by atoms with E-state index in [0.717, 1.165) is 24.9 Å². The summed E-state index contributed by atoms with van der Waals surface area (Å²) in [5.41, 5.74) is 0.636. The first-order valence-electron chi connectivity index (χ1n) is 10.3. The summed E-state index contributed by atoms with van der Waals surface area (Å²) in [5.74, 6) is 2.41. The largest absolute Gasteiger partial charge is 0.419 e. The van der Waals surface area contributed by atoms with Crippen LogP contribution in [0.5, 0.6) is 0 Å². The number of rotatable bonds is 5. The second-order valence-electron chi connectivity index (χ2n) is 8.55. The Bertz CT molecular complexity index is 790. The highest BCUT2D eigenvalue weighted by atomic mass is 19.1. The Labute approximate surface area is 159 Å². The molecule has 4 aliphatic rings. The number of halogens is 1. The topological polar surface area (TPSA) is 45.4 Å². The van der Waals surface area contributed by atoms with E-state index in [1.807, 2.05) is 0 Å². The molecule has 1 saturated carbocycles. The van der Waals surface area contributed by atoms with E-state index in [0.29, 0.717) is 29.9 Å². The average molecular weight is 370 g/mol. The van der Waals surface area contributed by atoms with Gasteiger partial charge < -0.3 is 4.42 Å². The van der Waals surface area contributed by atoms with Gasteiger partial charge in [-0.15, -0.1) is 10.2 Å². The summed E-state index contributed by atoms with van der Waals surface area (Å²) in [6.45, 7) is 5.41. The van der Waals surface area contributed by atoms with Gasteiger partial charge >= 0.3 is 0 Å². The lowest BCUT2D eigenvalue weighted by atomic mass is 9.83. The monoisotopic (exact) mass is 370 g/mol. The number of benzene rings is 1. The van der Waals surface area contributed by atoms with Gasteiger partial charge in [0.2, 0.25) is 11.8 Å². The van der Waals surface area contributed by atoms with E-state index in [-0.39, 0.29) is 5.82 Å². The molecule has 1 aromatic heterocycles. The van der Waals surface area contributed by atoms with Gasteiger partial charge in [0.25, 0.3) is 0 Å². The van der Waals surface area contributed by atoms with Gasteiger partial charge in [0.1, 0.15) is 5.82 Å². The predicted molar refractivity (Wildman–Crippen MR) is 100 cm³/mol. The lowest BCUT2D eigenvalue weighted by Gasteiger charge is -2.40. The third-order valence-electron chi connectivity index (χ3n) is 6.52. The van der Waals surface area contributed by atoms with E-state index in [4.69, 9.17) is 4.42 Å². The van der Waals surface area contributed by atoms with E-state index < -0.39 is 0 Å². The van der Waals surface area contributed by atoms with Crippen molar-refractivity contribution in [3.8, 4) is 11.5 Å². The predicted octanol–water partition coefficient (Wildman–Crippen LogP) is 3.57. The second-order valence-corrected chi connectivity index (χ2v) is 8.55. The van der Waals surface area contributed by atoms with Gasteiger partial charge in [-0.1, -0.05) is 12.5 Å². The van der Waals surface area contributed by atoms with Crippen LogP contribution in [0.3, 0.4) is 0 Å². The van der Waals surface area contributed by atoms with Crippen LogP contribution < -0.4 is 0 Å². The molecule has 6 rings (SSSR count). The molecule has 144 valence electrons. The van der Waals surface area contributed by atoms with Crippen LogP contribution in [0.15, 0.2) is 28.7 Å². The van der Waals surface area contributed by atoms with Crippen molar-refractivity contribution in [2.24, 2.45) is 11.8 Å². The van der Waals surface area contributed by atoms with E-state index in [1.54, 1.807) is 12.1 Å². The van der Waals surface area contributed by atoms with Crippen molar-refractivity contribution in [2.45, 2.75) is 44.7 Å². The van der Waals surface area contributed by atoms with Gasteiger partial charge in [0.15, 0.2) is 0 Å². The normalized spacial score (nSPS) is 26.9. The number of hydrogen-bond donors (Lipinski definition) is 0. The lowest BCUT2D eigenvalue weighted by molar-refractivity contribution is 0.0888. The molecule has 4 fully saturated rings. The molecule has 1 aromatic carbocycles. The quantitative estimate of drug-likeness (QED) is 0.805. The van der Waals surface area contributed by atoms with Crippen molar-refractivity contribution in [1.29, 1.82) is 0 Å². The Balaban J connectivity index is 1.25. The zero-order chi connectivity index (χ0) is 18.2. The standard InChI is InChI=1S/C21H27FN4O/c22-18-6-2-5-17(9-18)21-24-23-20(27-21)14-25-10-16-7-8-19(13-25)26(12-16)11-15-3-1-4-15/h2,5-6,9,15-16,19H,1,3-4,7-8,10-14H2/t16-,19+/m1/s1. The summed E-state index contributed by atoms with van der Waals surface area (Å²) in [6.07, 6.45) is 6.90. The molecule has 27 heavy (non-hydrogen) atoms. The minimum absolute atomic E-state index is 0.289. The van der Waals surface area contributed by atoms with Crippen molar-refractivity contribution in [2.75, 3.05) is 26.2 Å². The van der Waals surface area contributed by atoms with Crippen molar-refractivity contribution < 1.29 is 8.81 Å². The fourth-order valence-electron chi connectivity index (χ4n) is 4.88. The summed E-state index contributed by atoms with van der Waals surface area (Å²) >= 11 is 0. The summed E-state index contributed by atoms with van der Waals surface area (Å²) in [6, 6.07) is 6.98. The summed E-state index contributed by atoms with van der Waals surface area (Å²) in [5, 5.41) is 8.34. The maximum absolute atomic E-state index is 13.4. The van der Waals surface area contributed by atoms with Crippen LogP contribution in [0.1, 0.15) is 38.0 Å². The number of piperidine rings is 1. The van der Waals surface area contributed by atoms with E-state index >= 15 is 0 Å². The van der Waals surface area contributed by atoms with Crippen molar-refractivity contribution in [1.82, 2.24) is 20.0 Å². The molecule has 0 N–H and O–H groups in total. The van der Waals surface area contributed by atoms with Gasteiger partial charge in [-0.25, -0.2) is 4.39 Å². The van der Waals surface area contributed by atoms with Crippen LogP contribution in [0.25, 0.3) is 11.5 Å². The number of hydrogen-bond acceptors (Lipinski definition) is 5. The minimum atomic E-state index is -0.289. The highest BCUT2D eigenvalue weighted by molar-refractivity contribution is 5.52. The van der Waals surface area contributed by atoms with Crippen LogP contribution in [-0.4, -0.2) is 52.2 Å². The molecule has 1 aliphatic carbocycles. The zero-order valence-electron chi connectivity index (χ0n) is 15.7. The molecule has 0 amide bonds. The molecule has 0 spiro atoms. The number of fused-ring (bicyclic) bond motifs is 4. The Morgan fingerprint density at radius 3 is 2.81 bits per heavy atom. The summed E-state index contributed by atoms with van der Waals surface area (Å²) in [4.78, 5) is 5.23. The first-order chi connectivity index (χ1) is 13.2. The van der Waals surface area contributed by atoms with Crippen LogP contribution in [0, 0.1) is 17.7 Å². The van der Waals surface area contributed by atoms with E-state index in [9.17, 15) is 4.39 Å². The highest BCUT2D eigenvalue weighted by Crippen LogP contribution is 2.33. The van der Waals surface area contributed by atoms with E-state index in [2.05, 4.69) is 20.0 Å². The smallest absolute Gasteiger partial charge is 0.247 e. The molecule has 3 saturated heterocycles. The first kappa shape index (κ1) is 17.3. The molecule has 2 atom stereocenters. The maximum Gasteiger partial charge on any atom is 0.247 e. The van der Waals surface area contributed by atoms with E-state index in [1.165, 1.54) is 57.3 Å². The molecule has 3 aliphatic heterocycles. The molecular formula is C21H27FN4O. The fourth-order valence-corrected chi connectivity index (χ4v) is 4.88. The molecule has 2 bridgehead atoms. The molecule has 6 heteroatoms. The Morgan fingerprint density at radius 1 is 1.07 bits per heavy atom. The van der Waals surface area contributed by atoms with Crippen LogP contribution in [0.2, 0.25) is 0 Å². The molecular weight excluding hydrogens is 343 g/mol. The highest BCUT2D eigenvalue weighted by Gasteiger charge is 2.36. The fraction of sp³-hybridized carbons (Fsp3) is 0.619. The molecule has 0 unspecified atom stereocenters. The van der Waals surface area contributed by atoms with Gasteiger partial charge in [0, 0.05) is 37.8 Å². The minimum Gasteiger partial charge on any atom is -0.419 e. The van der Waals surface area contributed by atoms with Crippen molar-refractivity contribution >= 4 is 0 Å². The first-order valence-corrected chi connectivity index (χ1v) is 10.3. The van der Waals surface area contributed by atoms with Crippen LogP contribution in [-0.2, 0) is 6.54 Å². The third-order valence-corrected chi connectivity index (χ3v) is 6.52. The Hall–Kier alpha value is -1.79. The van der Waals surface area contributed by atoms with Gasteiger partial charge in [-0.05, 0) is 55.7 Å². The summed E-state index contributed by atoms with van der Waals surface area (Å²) < 4.78 is 19.3.